The summed E-state index contributed by atoms with van der Waals surface area (Å²) in [4.78, 5) is 28.9. The van der Waals surface area contributed by atoms with Crippen molar-refractivity contribution in [1.29, 1.82) is 0 Å². The number of β-lactam (4-membered cyclic amide) rings is 1. The molecule has 166 valence electrons. The Morgan fingerprint density at radius 2 is 1.97 bits per heavy atom. The maximum Gasteiger partial charge on any atom is 0.276 e. The third-order valence-electron chi connectivity index (χ3n) is 5.12. The molecule has 10 heteroatoms. The molecule has 0 radical (unpaired) electrons. The minimum Gasteiger partial charge on any atom is -0.497 e. The monoisotopic (exact) mass is 477 g/mol. The van der Waals surface area contributed by atoms with E-state index >= 15 is 0 Å². The standard InChI is InChI=1S/C22H18Cl2FN3O4/c1-11-7-19(26-17-9-15(23)16(25)8-14(11)17)32-10-18(29)27-28-21(20(24)22(28)30)12-3-5-13(31-2)6-4-12/h3-9,20-21H,10H2,1-2H3,(H,27,29)/t20-,21+/m0/s1. The molecule has 0 saturated carbocycles. The Balaban J connectivity index is 1.43. The fraction of sp³-hybridized carbons (Fsp3) is 0.227. The van der Waals surface area contributed by atoms with Crippen LogP contribution in [0.25, 0.3) is 10.9 Å². The third-order valence-corrected chi connectivity index (χ3v) is 5.83. The molecule has 32 heavy (non-hydrogen) atoms. The number of hydrazine groups is 1. The highest BCUT2D eigenvalue weighted by molar-refractivity contribution is 6.33. The van der Waals surface area contributed by atoms with Crippen LogP contribution >= 0.6 is 23.2 Å². The first kappa shape index (κ1) is 22.1. The highest BCUT2D eigenvalue weighted by Gasteiger charge is 2.48. The minimum atomic E-state index is -0.792. The van der Waals surface area contributed by atoms with Crippen LogP contribution in [0.5, 0.6) is 11.6 Å². The highest BCUT2D eigenvalue weighted by atomic mass is 35.5. The van der Waals surface area contributed by atoms with E-state index in [4.69, 9.17) is 32.7 Å². The van der Waals surface area contributed by atoms with E-state index in [-0.39, 0.29) is 17.5 Å². The molecule has 1 N–H and O–H groups in total. The van der Waals surface area contributed by atoms with Gasteiger partial charge in [0, 0.05) is 11.5 Å². The van der Waals surface area contributed by atoms with Crippen molar-refractivity contribution in [3.05, 3.63) is 64.4 Å². The van der Waals surface area contributed by atoms with E-state index in [1.165, 1.54) is 17.1 Å². The van der Waals surface area contributed by atoms with Gasteiger partial charge in [-0.3, -0.25) is 15.0 Å². The van der Waals surface area contributed by atoms with Crippen LogP contribution in [0.1, 0.15) is 17.2 Å². The van der Waals surface area contributed by atoms with Crippen molar-refractivity contribution in [3.8, 4) is 11.6 Å². The molecule has 1 aromatic heterocycles. The van der Waals surface area contributed by atoms with Crippen LogP contribution in [-0.4, -0.2) is 40.9 Å². The highest BCUT2D eigenvalue weighted by Crippen LogP contribution is 2.37. The van der Waals surface area contributed by atoms with Crippen LogP contribution in [0.15, 0.2) is 42.5 Å². The van der Waals surface area contributed by atoms with E-state index in [0.29, 0.717) is 22.2 Å². The molecule has 0 bridgehead atoms. The molecule has 1 saturated heterocycles. The molecule has 2 aromatic carbocycles. The fourth-order valence-corrected chi connectivity index (χ4v) is 3.96. The topological polar surface area (TPSA) is 80.8 Å². The molecular weight excluding hydrogens is 460 g/mol. The van der Waals surface area contributed by atoms with E-state index in [1.807, 2.05) is 0 Å². The van der Waals surface area contributed by atoms with Gasteiger partial charge in [0.15, 0.2) is 6.61 Å². The molecule has 7 nitrogen and oxygen atoms in total. The summed E-state index contributed by atoms with van der Waals surface area (Å²) in [6, 6.07) is 10.8. The quantitative estimate of drug-likeness (QED) is 0.429. The lowest BCUT2D eigenvalue weighted by atomic mass is 9.95. The summed E-state index contributed by atoms with van der Waals surface area (Å²) in [6.07, 6.45) is 0. The average Bonchev–Trinajstić information content (AvgIpc) is 2.78. The van der Waals surface area contributed by atoms with Crippen molar-refractivity contribution < 1.29 is 23.5 Å². The van der Waals surface area contributed by atoms with Crippen molar-refractivity contribution in [2.24, 2.45) is 0 Å². The number of hydrogen-bond acceptors (Lipinski definition) is 5. The second-order valence-electron chi connectivity index (χ2n) is 7.21. The summed E-state index contributed by atoms with van der Waals surface area (Å²) in [7, 11) is 1.55. The van der Waals surface area contributed by atoms with Gasteiger partial charge in [0.1, 0.15) is 23.0 Å². The number of benzene rings is 2. The van der Waals surface area contributed by atoms with Crippen molar-refractivity contribution in [2.75, 3.05) is 13.7 Å². The number of alkyl halides is 1. The van der Waals surface area contributed by atoms with E-state index in [0.717, 1.165) is 5.56 Å². The maximum absolute atomic E-state index is 13.7. The molecule has 1 fully saturated rings. The van der Waals surface area contributed by atoms with E-state index in [1.54, 1.807) is 44.4 Å². The number of hydrogen-bond donors (Lipinski definition) is 1. The smallest absolute Gasteiger partial charge is 0.276 e. The number of halogens is 3. The molecule has 3 aromatic rings. The zero-order valence-electron chi connectivity index (χ0n) is 17.1. The van der Waals surface area contributed by atoms with Gasteiger partial charge in [0.2, 0.25) is 5.88 Å². The van der Waals surface area contributed by atoms with Crippen molar-refractivity contribution in [3.63, 3.8) is 0 Å². The predicted octanol–water partition coefficient (Wildman–Crippen LogP) is 3.95. The average molecular weight is 478 g/mol. The number of aromatic nitrogens is 1. The number of nitrogens with zero attached hydrogens (tertiary/aromatic N) is 2. The number of rotatable bonds is 6. The summed E-state index contributed by atoms with van der Waals surface area (Å²) in [5.74, 6) is -0.684. The van der Waals surface area contributed by atoms with Gasteiger partial charge >= 0.3 is 0 Å². The Morgan fingerprint density at radius 3 is 2.66 bits per heavy atom. The number of carbonyl (C=O) groups excluding carboxylic acids is 2. The van der Waals surface area contributed by atoms with E-state index < -0.39 is 29.1 Å². The van der Waals surface area contributed by atoms with Crippen LogP contribution in [-0.2, 0) is 9.59 Å². The van der Waals surface area contributed by atoms with E-state index in [9.17, 15) is 14.0 Å². The molecule has 1 aliphatic heterocycles. The molecule has 2 heterocycles. The Kier molecular flexibility index (Phi) is 6.08. The maximum atomic E-state index is 13.7. The molecule has 0 aliphatic carbocycles. The summed E-state index contributed by atoms with van der Waals surface area (Å²) < 4.78 is 24.3. The van der Waals surface area contributed by atoms with Gasteiger partial charge < -0.3 is 9.47 Å². The number of amides is 2. The van der Waals surface area contributed by atoms with Crippen LogP contribution in [0, 0.1) is 12.7 Å². The number of pyridine rings is 1. The lowest BCUT2D eigenvalue weighted by molar-refractivity contribution is -0.157. The normalized spacial score (nSPS) is 17.8. The Bertz CT molecular complexity index is 1210. The Morgan fingerprint density at radius 1 is 1.25 bits per heavy atom. The third kappa shape index (κ3) is 4.16. The molecule has 2 atom stereocenters. The van der Waals surface area contributed by atoms with Crippen LogP contribution in [0.4, 0.5) is 4.39 Å². The second kappa shape index (κ2) is 8.80. The van der Waals surface area contributed by atoms with Crippen molar-refractivity contribution in [1.82, 2.24) is 15.4 Å². The number of aryl methyl sites for hydroxylation is 1. The van der Waals surface area contributed by atoms with Gasteiger partial charge in [-0.2, -0.15) is 0 Å². The van der Waals surface area contributed by atoms with Crippen LogP contribution in [0.3, 0.4) is 0 Å². The minimum absolute atomic E-state index is 0.0595. The van der Waals surface area contributed by atoms with Gasteiger partial charge in [-0.1, -0.05) is 23.7 Å². The number of carbonyl (C=O) groups is 2. The van der Waals surface area contributed by atoms with Gasteiger partial charge in [-0.25, -0.2) is 14.4 Å². The Labute approximate surface area is 193 Å². The van der Waals surface area contributed by atoms with Crippen LogP contribution in [0.2, 0.25) is 5.02 Å². The van der Waals surface area contributed by atoms with Gasteiger partial charge in [-0.05, 0) is 42.3 Å². The van der Waals surface area contributed by atoms with Gasteiger partial charge in [0.05, 0.1) is 17.6 Å². The first-order valence-electron chi connectivity index (χ1n) is 9.58. The predicted molar refractivity (Wildman–Crippen MR) is 117 cm³/mol. The largest absolute Gasteiger partial charge is 0.497 e. The number of ether oxygens (including phenoxy) is 2. The van der Waals surface area contributed by atoms with Gasteiger partial charge in [0.25, 0.3) is 11.8 Å². The molecule has 1 aliphatic rings. The van der Waals surface area contributed by atoms with E-state index in [2.05, 4.69) is 10.4 Å². The first-order valence-corrected chi connectivity index (χ1v) is 10.4. The molecular formula is C22H18Cl2FN3O4. The molecule has 0 spiro atoms. The Hall–Kier alpha value is -3.10. The van der Waals surface area contributed by atoms with Crippen molar-refractivity contribution in [2.45, 2.75) is 18.3 Å². The zero-order valence-corrected chi connectivity index (χ0v) is 18.6. The molecule has 2 amide bonds. The van der Waals surface area contributed by atoms with Crippen molar-refractivity contribution >= 4 is 45.9 Å². The van der Waals surface area contributed by atoms with Gasteiger partial charge in [-0.15, -0.1) is 11.6 Å². The first-order chi connectivity index (χ1) is 15.3. The molecule has 4 rings (SSSR count). The lowest BCUT2D eigenvalue weighted by Crippen LogP contribution is -2.63. The number of nitrogens with one attached hydrogen (secondary N) is 1. The van der Waals surface area contributed by atoms with Crippen LogP contribution < -0.4 is 14.9 Å². The lowest BCUT2D eigenvalue weighted by Gasteiger charge is -2.43. The number of methoxy groups -OCH3 is 1. The summed E-state index contributed by atoms with van der Waals surface area (Å²) in [5.41, 5.74) is 4.42. The zero-order chi connectivity index (χ0) is 23.0. The second-order valence-corrected chi connectivity index (χ2v) is 8.09. The number of fused-ring (bicyclic) bond motifs is 1. The molecule has 0 unspecified atom stereocenters. The SMILES string of the molecule is COc1ccc([C@@H]2[C@H](Cl)C(=O)N2NC(=O)COc2cc(C)c3cc(F)c(Cl)cc3n2)cc1. The summed E-state index contributed by atoms with van der Waals surface area (Å²) in [6.45, 7) is 1.38. The fourth-order valence-electron chi connectivity index (χ4n) is 3.44. The summed E-state index contributed by atoms with van der Waals surface area (Å²) >= 11 is 12.0. The summed E-state index contributed by atoms with van der Waals surface area (Å²) in [5, 5.41) is 0.910.